The molecule has 0 saturated carbocycles. The predicted molar refractivity (Wildman–Crippen MR) is 77.3 cm³/mol. The Morgan fingerprint density at radius 2 is 2.00 bits per heavy atom. The second-order valence-electron chi connectivity index (χ2n) is 5.02. The summed E-state index contributed by atoms with van der Waals surface area (Å²) in [6.07, 6.45) is 2.76. The number of nitrogens with zero attached hydrogens (tertiary/aromatic N) is 2. The molecule has 1 unspecified atom stereocenters. The number of hydrogen-bond acceptors (Lipinski definition) is 6. The molecule has 0 spiro atoms. The van der Waals surface area contributed by atoms with Gasteiger partial charge in [-0.25, -0.2) is 14.6 Å². The molecule has 1 aromatic heterocycles. The molecule has 114 valence electrons. The highest BCUT2D eigenvalue weighted by atomic mass is 16.5. The van der Waals surface area contributed by atoms with Crippen molar-refractivity contribution in [2.75, 3.05) is 25.7 Å². The van der Waals surface area contributed by atoms with Crippen molar-refractivity contribution in [1.29, 1.82) is 0 Å². The molecule has 2 rings (SSSR count). The number of ether oxygens (including phenoxy) is 2. The maximum Gasteiger partial charge on any atom is 0.339 e. The first-order valence-corrected chi connectivity index (χ1v) is 6.99. The van der Waals surface area contributed by atoms with Crippen molar-refractivity contribution < 1.29 is 19.1 Å². The Balaban J connectivity index is 2.29. The van der Waals surface area contributed by atoms with Crippen LogP contribution in [0.1, 0.15) is 35.3 Å². The van der Waals surface area contributed by atoms with E-state index in [0.717, 1.165) is 25.8 Å². The number of carbonyl (C=O) groups is 2. The zero-order valence-electron chi connectivity index (χ0n) is 12.6. The van der Waals surface area contributed by atoms with Crippen LogP contribution in [0, 0.1) is 6.92 Å². The Morgan fingerprint density at radius 3 is 2.62 bits per heavy atom. The normalized spacial score (nSPS) is 18.2. The fourth-order valence-electron chi connectivity index (χ4n) is 2.62. The van der Waals surface area contributed by atoms with Gasteiger partial charge in [0.1, 0.15) is 11.9 Å². The van der Waals surface area contributed by atoms with E-state index in [1.807, 2.05) is 4.90 Å². The molecule has 0 bridgehead atoms. The Hall–Kier alpha value is -2.11. The van der Waals surface area contributed by atoms with Gasteiger partial charge in [0.2, 0.25) is 0 Å². The molecule has 6 heteroatoms. The van der Waals surface area contributed by atoms with Crippen LogP contribution in [0.3, 0.4) is 0 Å². The third-order valence-electron chi connectivity index (χ3n) is 3.75. The summed E-state index contributed by atoms with van der Waals surface area (Å²) in [6, 6.07) is 3.13. The molecule has 0 aromatic carbocycles. The monoisotopic (exact) mass is 292 g/mol. The average Bonchev–Trinajstić information content (AvgIpc) is 2.53. The Labute approximate surface area is 124 Å². The molecule has 2 heterocycles. The second kappa shape index (κ2) is 6.56. The van der Waals surface area contributed by atoms with E-state index in [4.69, 9.17) is 9.47 Å². The summed E-state index contributed by atoms with van der Waals surface area (Å²) >= 11 is 0. The van der Waals surface area contributed by atoms with Crippen LogP contribution in [0.5, 0.6) is 0 Å². The zero-order valence-corrected chi connectivity index (χ0v) is 12.6. The number of rotatable bonds is 3. The molecule has 6 nitrogen and oxygen atoms in total. The van der Waals surface area contributed by atoms with Crippen LogP contribution >= 0.6 is 0 Å². The van der Waals surface area contributed by atoms with Gasteiger partial charge in [0.25, 0.3) is 0 Å². The molecule has 1 aliphatic heterocycles. The molecule has 1 aliphatic rings. The van der Waals surface area contributed by atoms with Crippen LogP contribution < -0.4 is 4.90 Å². The van der Waals surface area contributed by atoms with Gasteiger partial charge >= 0.3 is 11.9 Å². The van der Waals surface area contributed by atoms with Crippen molar-refractivity contribution in [3.8, 4) is 0 Å². The number of esters is 2. The lowest BCUT2D eigenvalue weighted by Crippen LogP contribution is -2.45. The smallest absolute Gasteiger partial charge is 0.339 e. The van der Waals surface area contributed by atoms with Crippen molar-refractivity contribution >= 4 is 17.8 Å². The van der Waals surface area contributed by atoms with Crippen LogP contribution in [-0.2, 0) is 14.3 Å². The number of aryl methyl sites for hydroxylation is 1. The lowest BCUT2D eigenvalue weighted by Gasteiger charge is -2.34. The van der Waals surface area contributed by atoms with Crippen LogP contribution in [0.2, 0.25) is 0 Å². The summed E-state index contributed by atoms with van der Waals surface area (Å²) < 4.78 is 9.58. The van der Waals surface area contributed by atoms with Gasteiger partial charge in [0.15, 0.2) is 0 Å². The molecule has 1 atom stereocenters. The number of pyridine rings is 1. The molecular weight excluding hydrogens is 272 g/mol. The summed E-state index contributed by atoms with van der Waals surface area (Å²) in [5.74, 6) is 0.0381. The van der Waals surface area contributed by atoms with E-state index < -0.39 is 5.97 Å². The van der Waals surface area contributed by atoms with E-state index in [0.29, 0.717) is 17.1 Å². The van der Waals surface area contributed by atoms with Crippen LogP contribution in [0.25, 0.3) is 0 Å². The molecule has 0 amide bonds. The minimum absolute atomic E-state index is 0.244. The van der Waals surface area contributed by atoms with E-state index in [2.05, 4.69) is 4.98 Å². The van der Waals surface area contributed by atoms with Crippen molar-refractivity contribution in [3.63, 3.8) is 0 Å². The molecule has 0 radical (unpaired) electrons. The number of methoxy groups -OCH3 is 2. The number of piperidine rings is 1. The molecule has 21 heavy (non-hydrogen) atoms. The standard InChI is InChI=1S/C15H20N2O4/c1-10-11(14(18)20-2)7-8-13(16-10)17-9-5-4-6-12(17)15(19)21-3/h7-8,12H,4-6,9H2,1-3H3. The zero-order chi connectivity index (χ0) is 15.4. The molecule has 1 fully saturated rings. The highest BCUT2D eigenvalue weighted by Crippen LogP contribution is 2.25. The van der Waals surface area contributed by atoms with Gasteiger partial charge in [0.05, 0.1) is 25.5 Å². The maximum atomic E-state index is 11.9. The Kier molecular flexibility index (Phi) is 4.77. The maximum absolute atomic E-state index is 11.9. The molecular formula is C15H20N2O4. The summed E-state index contributed by atoms with van der Waals surface area (Å²) in [4.78, 5) is 29.9. The molecule has 1 saturated heterocycles. The van der Waals surface area contributed by atoms with E-state index in [1.54, 1.807) is 19.1 Å². The van der Waals surface area contributed by atoms with Crippen LogP contribution in [0.15, 0.2) is 12.1 Å². The van der Waals surface area contributed by atoms with Crippen LogP contribution in [-0.4, -0.2) is 43.7 Å². The van der Waals surface area contributed by atoms with E-state index in [9.17, 15) is 9.59 Å². The van der Waals surface area contributed by atoms with Crippen LogP contribution in [0.4, 0.5) is 5.82 Å². The number of aromatic nitrogens is 1. The van der Waals surface area contributed by atoms with Gasteiger partial charge in [0, 0.05) is 6.54 Å². The summed E-state index contributed by atoms with van der Waals surface area (Å²) in [5, 5.41) is 0. The van der Waals surface area contributed by atoms with Gasteiger partial charge in [-0.1, -0.05) is 0 Å². The van der Waals surface area contributed by atoms with Gasteiger partial charge in [-0.3, -0.25) is 0 Å². The van der Waals surface area contributed by atoms with Crippen molar-refractivity contribution in [2.45, 2.75) is 32.2 Å². The van der Waals surface area contributed by atoms with Crippen molar-refractivity contribution in [2.24, 2.45) is 0 Å². The van der Waals surface area contributed by atoms with Gasteiger partial charge in [-0.15, -0.1) is 0 Å². The topological polar surface area (TPSA) is 68.7 Å². The molecule has 0 N–H and O–H groups in total. The SMILES string of the molecule is COC(=O)c1ccc(N2CCCCC2C(=O)OC)nc1C. The fraction of sp³-hybridized carbons (Fsp3) is 0.533. The largest absolute Gasteiger partial charge is 0.467 e. The first-order chi connectivity index (χ1) is 10.1. The second-order valence-corrected chi connectivity index (χ2v) is 5.02. The third kappa shape index (κ3) is 3.15. The summed E-state index contributed by atoms with van der Waals surface area (Å²) in [5.41, 5.74) is 1.03. The average molecular weight is 292 g/mol. The first-order valence-electron chi connectivity index (χ1n) is 6.99. The Bertz CT molecular complexity index is 544. The predicted octanol–water partition coefficient (Wildman–Crippen LogP) is 1.71. The summed E-state index contributed by atoms with van der Waals surface area (Å²) in [7, 11) is 2.74. The van der Waals surface area contributed by atoms with Crippen molar-refractivity contribution in [1.82, 2.24) is 4.98 Å². The van der Waals surface area contributed by atoms with Gasteiger partial charge in [-0.2, -0.15) is 0 Å². The summed E-state index contributed by atoms with van der Waals surface area (Å²) in [6.45, 7) is 2.51. The quantitative estimate of drug-likeness (QED) is 0.790. The number of anilines is 1. The van der Waals surface area contributed by atoms with E-state index >= 15 is 0 Å². The van der Waals surface area contributed by atoms with E-state index in [-0.39, 0.29) is 12.0 Å². The Morgan fingerprint density at radius 1 is 1.24 bits per heavy atom. The third-order valence-corrected chi connectivity index (χ3v) is 3.75. The molecule has 0 aliphatic carbocycles. The number of carbonyl (C=O) groups excluding carboxylic acids is 2. The molecule has 1 aromatic rings. The number of hydrogen-bond donors (Lipinski definition) is 0. The van der Waals surface area contributed by atoms with E-state index in [1.165, 1.54) is 14.2 Å². The van der Waals surface area contributed by atoms with Gasteiger partial charge < -0.3 is 14.4 Å². The minimum Gasteiger partial charge on any atom is -0.467 e. The lowest BCUT2D eigenvalue weighted by molar-refractivity contribution is -0.142. The van der Waals surface area contributed by atoms with Gasteiger partial charge in [-0.05, 0) is 38.3 Å². The fourth-order valence-corrected chi connectivity index (χ4v) is 2.62. The highest BCUT2D eigenvalue weighted by Gasteiger charge is 2.30. The minimum atomic E-state index is -0.408. The highest BCUT2D eigenvalue weighted by molar-refractivity contribution is 5.90. The first kappa shape index (κ1) is 15.3. The van der Waals surface area contributed by atoms with Crippen molar-refractivity contribution in [3.05, 3.63) is 23.4 Å². The lowest BCUT2D eigenvalue weighted by atomic mass is 10.0.